The summed E-state index contributed by atoms with van der Waals surface area (Å²) in [5.41, 5.74) is 0. The van der Waals surface area contributed by atoms with Gasteiger partial charge in [-0.3, -0.25) is 9.78 Å². The number of piperidine rings is 1. The van der Waals surface area contributed by atoms with Crippen molar-refractivity contribution in [1.82, 2.24) is 14.6 Å². The van der Waals surface area contributed by atoms with Gasteiger partial charge in [0.25, 0.3) is 0 Å². The van der Waals surface area contributed by atoms with Gasteiger partial charge in [0.1, 0.15) is 4.90 Å². The fourth-order valence-corrected chi connectivity index (χ4v) is 4.23. The Morgan fingerprint density at radius 1 is 1.43 bits per heavy atom. The van der Waals surface area contributed by atoms with Gasteiger partial charge in [0.15, 0.2) is 0 Å². The van der Waals surface area contributed by atoms with Gasteiger partial charge >= 0.3 is 0 Å². The molecular weight excluding hydrogens is 358 g/mol. The maximum absolute atomic E-state index is 12.5. The zero-order valence-electron chi connectivity index (χ0n) is 11.8. The van der Waals surface area contributed by atoms with Crippen LogP contribution in [0.2, 0.25) is 0 Å². The summed E-state index contributed by atoms with van der Waals surface area (Å²) in [6, 6.07) is 1.61. The van der Waals surface area contributed by atoms with Crippen molar-refractivity contribution in [2.45, 2.75) is 37.1 Å². The molecule has 0 aromatic carbocycles. The number of carbonyl (C=O) groups is 1. The van der Waals surface area contributed by atoms with Crippen LogP contribution in [0.15, 0.2) is 27.8 Å². The third-order valence-electron chi connectivity index (χ3n) is 3.46. The summed E-state index contributed by atoms with van der Waals surface area (Å²) in [5, 5.41) is 2.91. The van der Waals surface area contributed by atoms with E-state index in [1.54, 1.807) is 19.2 Å². The molecule has 2 rings (SSSR count). The van der Waals surface area contributed by atoms with Crippen LogP contribution < -0.4 is 5.32 Å². The first-order valence-corrected chi connectivity index (χ1v) is 9.07. The lowest BCUT2D eigenvalue weighted by atomic mass is 10.1. The van der Waals surface area contributed by atoms with E-state index in [-0.39, 0.29) is 16.8 Å². The van der Waals surface area contributed by atoms with E-state index < -0.39 is 10.0 Å². The highest BCUT2D eigenvalue weighted by atomic mass is 79.9. The van der Waals surface area contributed by atoms with Crippen LogP contribution in [0.5, 0.6) is 0 Å². The molecule has 1 amide bonds. The molecule has 0 unspecified atom stereocenters. The maximum atomic E-state index is 12.5. The molecule has 6 nitrogen and oxygen atoms in total. The first kappa shape index (κ1) is 16.4. The minimum Gasteiger partial charge on any atom is -0.353 e. The Bertz CT molecular complexity index is 613. The number of hydrogen-bond donors (Lipinski definition) is 1. The summed E-state index contributed by atoms with van der Waals surface area (Å²) in [6.45, 7) is 2.61. The number of amides is 1. The first-order valence-electron chi connectivity index (χ1n) is 6.83. The highest BCUT2D eigenvalue weighted by molar-refractivity contribution is 9.10. The molecule has 0 atom stereocenters. The number of nitrogens with one attached hydrogen (secondary N) is 1. The van der Waals surface area contributed by atoms with E-state index in [1.807, 2.05) is 0 Å². The molecule has 1 saturated heterocycles. The third-order valence-corrected chi connectivity index (χ3v) is 5.76. The van der Waals surface area contributed by atoms with Crippen molar-refractivity contribution in [2.75, 3.05) is 13.1 Å². The highest BCUT2D eigenvalue weighted by Crippen LogP contribution is 2.22. The molecule has 0 aliphatic carbocycles. The molecule has 1 N–H and O–H groups in total. The molecular formula is C13H18BrN3O3S. The van der Waals surface area contributed by atoms with Crippen molar-refractivity contribution in [3.63, 3.8) is 0 Å². The lowest BCUT2D eigenvalue weighted by Crippen LogP contribution is -2.46. The van der Waals surface area contributed by atoms with Gasteiger partial charge in [0.05, 0.1) is 0 Å². The van der Waals surface area contributed by atoms with Crippen molar-refractivity contribution in [3.8, 4) is 0 Å². The Balaban J connectivity index is 2.03. The van der Waals surface area contributed by atoms with Crippen LogP contribution in [0.1, 0.15) is 26.2 Å². The molecule has 0 spiro atoms. The third kappa shape index (κ3) is 4.02. The van der Waals surface area contributed by atoms with Crippen molar-refractivity contribution in [3.05, 3.63) is 22.9 Å². The molecule has 116 valence electrons. The molecule has 1 fully saturated rings. The van der Waals surface area contributed by atoms with Gasteiger partial charge in [0, 0.05) is 42.4 Å². The first-order chi connectivity index (χ1) is 9.93. The van der Waals surface area contributed by atoms with Crippen LogP contribution in [0.4, 0.5) is 0 Å². The number of pyridine rings is 1. The zero-order valence-corrected chi connectivity index (χ0v) is 14.2. The summed E-state index contributed by atoms with van der Waals surface area (Å²) in [4.78, 5) is 15.4. The average Bonchev–Trinajstić information content (AvgIpc) is 2.47. The second-order valence-corrected chi connectivity index (χ2v) is 7.79. The number of nitrogens with zero attached hydrogens (tertiary/aromatic N) is 2. The molecule has 1 aromatic rings. The molecule has 0 bridgehead atoms. The summed E-state index contributed by atoms with van der Waals surface area (Å²) >= 11 is 3.23. The van der Waals surface area contributed by atoms with Gasteiger partial charge in [0.2, 0.25) is 15.9 Å². The average molecular weight is 376 g/mol. The fourth-order valence-electron chi connectivity index (χ4n) is 2.25. The normalized spacial score (nSPS) is 17.6. The van der Waals surface area contributed by atoms with Gasteiger partial charge in [-0.1, -0.05) is 6.92 Å². The minimum absolute atomic E-state index is 0.00694. The summed E-state index contributed by atoms with van der Waals surface area (Å²) in [5.74, 6) is 0.00694. The topological polar surface area (TPSA) is 79.4 Å². The maximum Gasteiger partial charge on any atom is 0.244 e. The summed E-state index contributed by atoms with van der Waals surface area (Å²) < 4.78 is 27.1. The van der Waals surface area contributed by atoms with E-state index in [9.17, 15) is 13.2 Å². The number of carbonyl (C=O) groups excluding carboxylic acids is 1. The Morgan fingerprint density at radius 2 is 2.10 bits per heavy atom. The van der Waals surface area contributed by atoms with Crippen LogP contribution >= 0.6 is 15.9 Å². The number of aromatic nitrogens is 1. The predicted octanol–water partition coefficient (Wildman–Crippen LogP) is 1.52. The zero-order chi connectivity index (χ0) is 15.5. The molecule has 1 aliphatic heterocycles. The van der Waals surface area contributed by atoms with Crippen LogP contribution in [0.3, 0.4) is 0 Å². The van der Waals surface area contributed by atoms with Gasteiger partial charge in [-0.2, -0.15) is 4.31 Å². The highest BCUT2D eigenvalue weighted by Gasteiger charge is 2.30. The monoisotopic (exact) mass is 375 g/mol. The van der Waals surface area contributed by atoms with Crippen molar-refractivity contribution < 1.29 is 13.2 Å². The lowest BCUT2D eigenvalue weighted by molar-refractivity contribution is -0.121. The van der Waals surface area contributed by atoms with Crippen molar-refractivity contribution in [2.24, 2.45) is 0 Å². The van der Waals surface area contributed by atoms with Gasteiger partial charge in [-0.25, -0.2) is 8.42 Å². The number of halogens is 1. The van der Waals surface area contributed by atoms with Crippen LogP contribution in [0.25, 0.3) is 0 Å². The SMILES string of the molecule is CCC(=O)NC1CCN(S(=O)(=O)c2cncc(Br)c2)CC1. The standard InChI is InChI=1S/C13H18BrN3O3S/c1-2-13(18)16-11-3-5-17(6-4-11)21(19,20)12-7-10(14)8-15-9-12/h7-9,11H,2-6H2,1H3,(H,16,18). The fraction of sp³-hybridized carbons (Fsp3) is 0.538. The lowest BCUT2D eigenvalue weighted by Gasteiger charge is -2.31. The molecule has 0 saturated carbocycles. The molecule has 0 radical (unpaired) electrons. The van der Waals surface area contributed by atoms with Crippen molar-refractivity contribution >= 4 is 31.9 Å². The second-order valence-electron chi connectivity index (χ2n) is 4.94. The number of sulfonamides is 1. The molecule has 1 aliphatic rings. The van der Waals surface area contributed by atoms with E-state index in [1.165, 1.54) is 10.5 Å². The smallest absolute Gasteiger partial charge is 0.244 e. The Morgan fingerprint density at radius 3 is 2.67 bits per heavy atom. The van der Waals surface area contributed by atoms with Crippen LogP contribution in [-0.4, -0.2) is 42.7 Å². The number of rotatable bonds is 4. The molecule has 8 heteroatoms. The Kier molecular flexibility index (Phi) is 5.34. The quantitative estimate of drug-likeness (QED) is 0.864. The van der Waals surface area contributed by atoms with Gasteiger partial charge < -0.3 is 5.32 Å². The molecule has 2 heterocycles. The Hall–Kier alpha value is -0.990. The van der Waals surface area contributed by atoms with Gasteiger partial charge in [-0.15, -0.1) is 0 Å². The summed E-state index contributed by atoms with van der Waals surface area (Å²) in [6.07, 6.45) is 4.61. The van der Waals surface area contributed by atoms with E-state index >= 15 is 0 Å². The van der Waals surface area contributed by atoms with E-state index in [4.69, 9.17) is 0 Å². The molecule has 21 heavy (non-hydrogen) atoms. The largest absolute Gasteiger partial charge is 0.353 e. The van der Waals surface area contributed by atoms with Crippen LogP contribution in [-0.2, 0) is 14.8 Å². The van der Waals surface area contributed by atoms with E-state index in [2.05, 4.69) is 26.2 Å². The second kappa shape index (κ2) is 6.85. The number of hydrogen-bond acceptors (Lipinski definition) is 4. The molecule has 1 aromatic heterocycles. The van der Waals surface area contributed by atoms with E-state index in [0.29, 0.717) is 36.8 Å². The Labute approximate surface area is 133 Å². The van der Waals surface area contributed by atoms with Crippen LogP contribution in [0, 0.1) is 0 Å². The van der Waals surface area contributed by atoms with Gasteiger partial charge in [-0.05, 0) is 34.8 Å². The van der Waals surface area contributed by atoms with E-state index in [0.717, 1.165) is 0 Å². The summed E-state index contributed by atoms with van der Waals surface area (Å²) in [7, 11) is -3.51. The predicted molar refractivity (Wildman–Crippen MR) is 82.2 cm³/mol. The van der Waals surface area contributed by atoms with Crippen molar-refractivity contribution in [1.29, 1.82) is 0 Å². The minimum atomic E-state index is -3.51.